The number of hydrogen-bond acceptors (Lipinski definition) is 3. The molecule has 100 valence electrons. The van der Waals surface area contributed by atoms with Gasteiger partial charge >= 0.3 is 0 Å². The number of ether oxygens (including phenoxy) is 2. The van der Waals surface area contributed by atoms with E-state index in [0.29, 0.717) is 19.3 Å². The highest BCUT2D eigenvalue weighted by Crippen LogP contribution is 2.25. The van der Waals surface area contributed by atoms with E-state index in [-0.39, 0.29) is 0 Å². The van der Waals surface area contributed by atoms with Crippen molar-refractivity contribution < 1.29 is 9.47 Å². The summed E-state index contributed by atoms with van der Waals surface area (Å²) in [5.41, 5.74) is 2.97. The molecule has 3 nitrogen and oxygen atoms in total. The second kappa shape index (κ2) is 7.52. The third kappa shape index (κ3) is 3.80. The van der Waals surface area contributed by atoms with Gasteiger partial charge in [0.25, 0.3) is 0 Å². The van der Waals surface area contributed by atoms with Gasteiger partial charge in [-0.2, -0.15) is 0 Å². The van der Waals surface area contributed by atoms with Crippen LogP contribution in [0.5, 0.6) is 0 Å². The fraction of sp³-hybridized carbons (Fsp3) is 0.600. The fourth-order valence-corrected chi connectivity index (χ4v) is 2.48. The van der Waals surface area contributed by atoms with Crippen LogP contribution in [-0.4, -0.2) is 33.5 Å². The van der Waals surface area contributed by atoms with E-state index in [1.807, 2.05) is 0 Å². The molecule has 0 bridgehead atoms. The molecule has 1 aromatic carbocycles. The van der Waals surface area contributed by atoms with Crippen LogP contribution < -0.4 is 5.32 Å². The van der Waals surface area contributed by atoms with E-state index in [4.69, 9.17) is 9.47 Å². The Morgan fingerprint density at radius 1 is 1.22 bits per heavy atom. The molecule has 0 saturated heterocycles. The van der Waals surface area contributed by atoms with E-state index in [9.17, 15) is 0 Å². The molecule has 1 aliphatic heterocycles. The lowest BCUT2D eigenvalue weighted by Crippen LogP contribution is -2.29. The molecular weight excluding hydrogens is 226 g/mol. The Kier molecular flexibility index (Phi) is 5.65. The van der Waals surface area contributed by atoms with Crippen LogP contribution in [0.25, 0.3) is 0 Å². The highest BCUT2D eigenvalue weighted by molar-refractivity contribution is 5.32. The topological polar surface area (TPSA) is 30.5 Å². The average Bonchev–Trinajstić information content (AvgIpc) is 2.43. The zero-order chi connectivity index (χ0) is 12.6. The Labute approximate surface area is 109 Å². The number of methoxy groups -OCH3 is 1. The second-order valence-corrected chi connectivity index (χ2v) is 4.70. The van der Waals surface area contributed by atoms with Gasteiger partial charge in [0.1, 0.15) is 0 Å². The number of benzene rings is 1. The van der Waals surface area contributed by atoms with Gasteiger partial charge in [-0.1, -0.05) is 24.3 Å². The van der Waals surface area contributed by atoms with Crippen LogP contribution in [0.2, 0.25) is 0 Å². The van der Waals surface area contributed by atoms with Crippen molar-refractivity contribution in [3.63, 3.8) is 0 Å². The van der Waals surface area contributed by atoms with Crippen LogP contribution >= 0.6 is 0 Å². The molecule has 0 spiro atoms. The summed E-state index contributed by atoms with van der Waals surface area (Å²) in [5.74, 6) is 0. The zero-order valence-corrected chi connectivity index (χ0v) is 11.2. The Morgan fingerprint density at radius 2 is 2.11 bits per heavy atom. The smallest absolute Gasteiger partial charge is 0.0700 e. The van der Waals surface area contributed by atoms with Gasteiger partial charge in [0.2, 0.25) is 0 Å². The molecule has 0 radical (unpaired) electrons. The molecule has 1 atom stereocenters. The van der Waals surface area contributed by atoms with Gasteiger partial charge in [-0.15, -0.1) is 0 Å². The lowest BCUT2D eigenvalue weighted by molar-refractivity contribution is 0.0677. The summed E-state index contributed by atoms with van der Waals surface area (Å²) < 4.78 is 10.4. The molecule has 2 rings (SSSR count). The summed E-state index contributed by atoms with van der Waals surface area (Å²) in [6, 6.07) is 9.26. The standard InChI is InChI=1S/C15H23NO2/c1-17-11-12-18-10-4-7-15-14-6-3-2-5-13(14)8-9-16-15/h2-3,5-6,15-16H,4,7-12H2,1H3. The minimum atomic E-state index is 0.501. The van der Waals surface area contributed by atoms with Crippen LogP contribution in [0.3, 0.4) is 0 Å². The van der Waals surface area contributed by atoms with Gasteiger partial charge in [0.05, 0.1) is 13.2 Å². The molecule has 1 heterocycles. The molecule has 18 heavy (non-hydrogen) atoms. The first-order valence-electron chi connectivity index (χ1n) is 6.79. The normalized spacial score (nSPS) is 18.6. The van der Waals surface area contributed by atoms with Crippen LogP contribution in [0.15, 0.2) is 24.3 Å². The van der Waals surface area contributed by atoms with Crippen molar-refractivity contribution in [1.82, 2.24) is 5.32 Å². The minimum absolute atomic E-state index is 0.501. The van der Waals surface area contributed by atoms with Crippen molar-refractivity contribution in [3.8, 4) is 0 Å². The monoisotopic (exact) mass is 249 g/mol. The summed E-state index contributed by atoms with van der Waals surface area (Å²) in [4.78, 5) is 0. The summed E-state index contributed by atoms with van der Waals surface area (Å²) in [5, 5.41) is 3.60. The Balaban J connectivity index is 1.74. The second-order valence-electron chi connectivity index (χ2n) is 4.70. The highest BCUT2D eigenvalue weighted by Gasteiger charge is 2.18. The Morgan fingerprint density at radius 3 is 3.00 bits per heavy atom. The van der Waals surface area contributed by atoms with E-state index >= 15 is 0 Å². The van der Waals surface area contributed by atoms with Gasteiger partial charge in [-0.25, -0.2) is 0 Å². The maximum atomic E-state index is 5.50. The summed E-state index contributed by atoms with van der Waals surface area (Å²) in [6.45, 7) is 3.30. The minimum Gasteiger partial charge on any atom is -0.382 e. The van der Waals surface area contributed by atoms with Crippen molar-refractivity contribution in [3.05, 3.63) is 35.4 Å². The van der Waals surface area contributed by atoms with Crippen LogP contribution in [0.4, 0.5) is 0 Å². The van der Waals surface area contributed by atoms with Gasteiger partial charge in [-0.3, -0.25) is 0 Å². The van der Waals surface area contributed by atoms with E-state index < -0.39 is 0 Å². The molecule has 0 fully saturated rings. The highest BCUT2D eigenvalue weighted by atomic mass is 16.5. The molecule has 0 saturated carbocycles. The lowest BCUT2D eigenvalue weighted by atomic mass is 9.92. The molecule has 0 amide bonds. The first kappa shape index (κ1) is 13.5. The number of nitrogens with one attached hydrogen (secondary N) is 1. The maximum absolute atomic E-state index is 5.50. The van der Waals surface area contributed by atoms with Crippen molar-refractivity contribution in [2.24, 2.45) is 0 Å². The molecule has 1 aliphatic rings. The summed E-state index contributed by atoms with van der Waals surface area (Å²) >= 11 is 0. The molecular formula is C15H23NO2. The van der Waals surface area contributed by atoms with Gasteiger partial charge in [0, 0.05) is 19.8 Å². The third-order valence-electron chi connectivity index (χ3n) is 3.43. The molecule has 1 aromatic rings. The van der Waals surface area contributed by atoms with Crippen molar-refractivity contribution in [2.75, 3.05) is 33.5 Å². The molecule has 1 N–H and O–H groups in total. The average molecular weight is 249 g/mol. The summed E-state index contributed by atoms with van der Waals surface area (Å²) in [7, 11) is 1.70. The number of rotatable bonds is 7. The van der Waals surface area contributed by atoms with Crippen molar-refractivity contribution in [1.29, 1.82) is 0 Å². The SMILES string of the molecule is COCCOCCCC1NCCc2ccccc21. The van der Waals surface area contributed by atoms with Gasteiger partial charge in [0.15, 0.2) is 0 Å². The van der Waals surface area contributed by atoms with Crippen molar-refractivity contribution in [2.45, 2.75) is 25.3 Å². The predicted molar refractivity (Wildman–Crippen MR) is 72.8 cm³/mol. The van der Waals surface area contributed by atoms with Crippen LogP contribution in [0.1, 0.15) is 30.0 Å². The maximum Gasteiger partial charge on any atom is 0.0700 e. The van der Waals surface area contributed by atoms with Gasteiger partial charge < -0.3 is 14.8 Å². The lowest BCUT2D eigenvalue weighted by Gasteiger charge is -2.26. The number of hydrogen-bond donors (Lipinski definition) is 1. The first-order chi connectivity index (χ1) is 8.92. The largest absolute Gasteiger partial charge is 0.382 e. The quantitative estimate of drug-likeness (QED) is 0.752. The first-order valence-corrected chi connectivity index (χ1v) is 6.79. The van der Waals surface area contributed by atoms with E-state index in [2.05, 4.69) is 29.6 Å². The van der Waals surface area contributed by atoms with Crippen LogP contribution in [0, 0.1) is 0 Å². The van der Waals surface area contributed by atoms with Crippen LogP contribution in [-0.2, 0) is 15.9 Å². The van der Waals surface area contributed by atoms with E-state index in [0.717, 1.165) is 32.4 Å². The molecule has 1 unspecified atom stereocenters. The number of fused-ring (bicyclic) bond motifs is 1. The molecule has 0 aliphatic carbocycles. The third-order valence-corrected chi connectivity index (χ3v) is 3.43. The fourth-order valence-electron chi connectivity index (χ4n) is 2.48. The van der Waals surface area contributed by atoms with Gasteiger partial charge in [-0.05, 0) is 36.9 Å². The summed E-state index contributed by atoms with van der Waals surface area (Å²) in [6.07, 6.45) is 3.39. The molecule has 0 aromatic heterocycles. The Hall–Kier alpha value is -0.900. The van der Waals surface area contributed by atoms with Crippen molar-refractivity contribution >= 4 is 0 Å². The Bertz CT molecular complexity index is 354. The van der Waals surface area contributed by atoms with E-state index in [1.54, 1.807) is 7.11 Å². The zero-order valence-electron chi connectivity index (χ0n) is 11.2. The predicted octanol–water partition coefficient (Wildman–Crippen LogP) is 2.32. The molecule has 3 heteroatoms. The van der Waals surface area contributed by atoms with E-state index in [1.165, 1.54) is 11.1 Å².